The Hall–Kier alpha value is 0.144. The molecule has 161 valence electrons. The van der Waals surface area contributed by atoms with Gasteiger partial charge in [-0.15, -0.1) is 0 Å². The van der Waals surface area contributed by atoms with Gasteiger partial charge >= 0.3 is 21.0 Å². The predicted octanol–water partition coefficient (Wildman–Crippen LogP) is 6.05. The van der Waals surface area contributed by atoms with Crippen LogP contribution in [0.15, 0.2) is 0 Å². The van der Waals surface area contributed by atoms with Gasteiger partial charge in [0.15, 0.2) is 0 Å². The van der Waals surface area contributed by atoms with Gasteiger partial charge in [-0.05, 0) is 19.3 Å². The summed E-state index contributed by atoms with van der Waals surface area (Å²) in [6.45, 7) is 7.92. The molecule has 0 amide bonds. The Balaban J connectivity index is -0.000000133. The zero-order chi connectivity index (χ0) is 20.7. The van der Waals surface area contributed by atoms with E-state index in [1.807, 2.05) is 0 Å². The van der Waals surface area contributed by atoms with Gasteiger partial charge in [0, 0.05) is 0 Å². The molecule has 0 saturated heterocycles. The van der Waals surface area contributed by atoms with Crippen LogP contribution in [0.25, 0.3) is 0 Å². The van der Waals surface area contributed by atoms with Gasteiger partial charge in [-0.1, -0.05) is 78.6 Å². The molecule has 0 unspecified atom stereocenters. The van der Waals surface area contributed by atoms with Crippen molar-refractivity contribution in [1.29, 1.82) is 0 Å². The maximum atomic E-state index is 8.19. The van der Waals surface area contributed by atoms with E-state index >= 15 is 0 Å². The molecule has 0 rings (SSSR count). The molecule has 0 heterocycles. The molecule has 0 spiro atoms. The number of unbranched alkanes of at least 4 members (excludes halogenated alkanes) is 9. The van der Waals surface area contributed by atoms with Gasteiger partial charge in [-0.2, -0.15) is 0 Å². The molecule has 0 aliphatic heterocycles. The third-order valence-corrected chi connectivity index (χ3v) is 3.27. The van der Waals surface area contributed by atoms with Gasteiger partial charge in [0.05, 0.1) is 19.8 Å². The van der Waals surface area contributed by atoms with E-state index in [2.05, 4.69) is 35.4 Å². The third-order valence-electron chi connectivity index (χ3n) is 3.27. The van der Waals surface area contributed by atoms with Crippen LogP contribution in [0.5, 0.6) is 0 Å². The van der Waals surface area contributed by atoms with Crippen molar-refractivity contribution in [2.75, 3.05) is 19.8 Å². The van der Waals surface area contributed by atoms with Crippen LogP contribution in [-0.4, -0.2) is 35.6 Å². The van der Waals surface area contributed by atoms with Crippen molar-refractivity contribution in [3.05, 3.63) is 0 Å². The first-order valence-corrected chi connectivity index (χ1v) is 10.3. The Kier molecular flexibility index (Phi) is 57.7. The Morgan fingerprint density at radius 3 is 0.885 bits per heavy atom. The molecular weight excluding hydrogens is 379 g/mol. The molecule has 26 heavy (non-hydrogen) atoms. The molecule has 0 bridgehead atoms. The monoisotopic (exact) mass is 421 g/mol. The summed E-state index contributed by atoms with van der Waals surface area (Å²) in [5, 5.41) is 23.6. The van der Waals surface area contributed by atoms with E-state index in [0.717, 1.165) is 55.9 Å². The van der Waals surface area contributed by atoms with Crippen molar-refractivity contribution < 1.29 is 51.5 Å². The molecule has 0 aromatic rings. The molecule has 0 atom stereocenters. The summed E-state index contributed by atoms with van der Waals surface area (Å²) in [7, 11) is 0. The normalized spacial score (nSPS) is 9.12. The average molecular weight is 421 g/mol. The van der Waals surface area contributed by atoms with Gasteiger partial charge in [-0.3, -0.25) is 15.8 Å². The molecule has 0 aromatic carbocycles. The minimum absolute atomic E-state index is 0.486. The van der Waals surface area contributed by atoms with Crippen LogP contribution in [-0.2, 0) is 35.7 Å². The quantitative estimate of drug-likeness (QED) is 0.168. The minimum atomic E-state index is 0.486. The van der Waals surface area contributed by atoms with E-state index < -0.39 is 0 Å². The number of rotatable bonds is 15. The first-order chi connectivity index (χ1) is 12.7. The molecule has 3 N–H and O–H groups in total. The molecule has 0 aliphatic rings. The van der Waals surface area contributed by atoms with Gasteiger partial charge in [0.2, 0.25) is 0 Å². The van der Waals surface area contributed by atoms with Gasteiger partial charge in [-0.25, -0.2) is 14.7 Å². The predicted molar refractivity (Wildman–Crippen MR) is 98.9 cm³/mol. The van der Waals surface area contributed by atoms with Crippen LogP contribution in [0.4, 0.5) is 0 Å². The first-order valence-electron chi connectivity index (χ1n) is 9.72. The van der Waals surface area contributed by atoms with E-state index in [9.17, 15) is 0 Å². The van der Waals surface area contributed by atoms with Crippen LogP contribution in [0.3, 0.4) is 0 Å². The summed E-state index contributed by atoms with van der Waals surface area (Å²) in [4.78, 5) is 11.7. The fraction of sp³-hybridized carbons (Fsp3) is 1.00. The SMILES string of the molecule is CCCCCCOO.CCCCCCOO.CCCCCCOO.[O]=[V]. The summed E-state index contributed by atoms with van der Waals surface area (Å²) in [5.41, 5.74) is 0. The fourth-order valence-electron chi connectivity index (χ4n) is 1.78. The van der Waals surface area contributed by atoms with Crippen molar-refractivity contribution in [2.45, 2.75) is 97.8 Å². The van der Waals surface area contributed by atoms with Gasteiger partial charge < -0.3 is 0 Å². The Bertz CT molecular complexity index is 142. The molecule has 8 heteroatoms. The second kappa shape index (κ2) is 44.5. The van der Waals surface area contributed by atoms with Crippen molar-refractivity contribution >= 4 is 0 Å². The summed E-state index contributed by atoms with van der Waals surface area (Å²) in [5.74, 6) is 0. The van der Waals surface area contributed by atoms with Crippen LogP contribution in [0.1, 0.15) is 97.8 Å². The standard InChI is InChI=1S/3C6H14O2.O.V/c3*1-2-3-4-5-6-8-7;;/h3*7H,2-6H2,1H3;;. The van der Waals surface area contributed by atoms with E-state index in [0.29, 0.717) is 19.8 Å². The third kappa shape index (κ3) is 56.4. The molecular formula is C18H42O7V. The molecule has 0 aliphatic carbocycles. The van der Waals surface area contributed by atoms with E-state index in [1.54, 1.807) is 0 Å². The summed E-state index contributed by atoms with van der Waals surface area (Å²) in [6, 6.07) is 0. The van der Waals surface area contributed by atoms with Gasteiger partial charge in [0.25, 0.3) is 0 Å². The maximum absolute atomic E-state index is 8.19. The van der Waals surface area contributed by atoms with Crippen LogP contribution < -0.4 is 0 Å². The van der Waals surface area contributed by atoms with Crippen molar-refractivity contribution in [2.24, 2.45) is 0 Å². The summed E-state index contributed by atoms with van der Waals surface area (Å²) >= 11 is 1.06. The Morgan fingerprint density at radius 2 is 0.731 bits per heavy atom. The molecule has 0 aromatic heterocycles. The second-order valence-electron chi connectivity index (χ2n) is 5.68. The van der Waals surface area contributed by atoms with Crippen molar-refractivity contribution in [3.8, 4) is 0 Å². The first kappa shape index (κ1) is 33.7. The fourth-order valence-corrected chi connectivity index (χ4v) is 1.78. The van der Waals surface area contributed by atoms with Gasteiger partial charge in [0.1, 0.15) is 0 Å². The van der Waals surface area contributed by atoms with E-state index in [-0.39, 0.29) is 0 Å². The van der Waals surface area contributed by atoms with Crippen molar-refractivity contribution in [3.63, 3.8) is 0 Å². The molecule has 7 nitrogen and oxygen atoms in total. The Morgan fingerprint density at radius 1 is 0.500 bits per heavy atom. The average Bonchev–Trinajstić information content (AvgIpc) is 2.69. The van der Waals surface area contributed by atoms with E-state index in [4.69, 9.17) is 19.4 Å². The van der Waals surface area contributed by atoms with Crippen molar-refractivity contribution in [1.82, 2.24) is 0 Å². The van der Waals surface area contributed by atoms with Crippen LogP contribution in [0.2, 0.25) is 0 Å². The second-order valence-corrected chi connectivity index (χ2v) is 5.68. The number of hydrogen-bond donors (Lipinski definition) is 3. The summed E-state index contributed by atoms with van der Waals surface area (Å²) in [6.07, 6.45) is 13.8. The zero-order valence-corrected chi connectivity index (χ0v) is 18.4. The van der Waals surface area contributed by atoms with E-state index in [1.165, 1.54) is 38.5 Å². The number of hydrogen-bond acceptors (Lipinski definition) is 7. The van der Waals surface area contributed by atoms with Crippen LogP contribution in [0, 0.1) is 0 Å². The topological polar surface area (TPSA) is 105 Å². The molecule has 0 radical (unpaired) electrons. The summed E-state index contributed by atoms with van der Waals surface area (Å²) < 4.78 is 8.19. The zero-order valence-electron chi connectivity index (χ0n) is 17.0. The Labute approximate surface area is 169 Å². The molecule has 0 saturated carbocycles. The molecule has 0 fully saturated rings. The van der Waals surface area contributed by atoms with Crippen LogP contribution >= 0.6 is 0 Å².